The van der Waals surface area contributed by atoms with Gasteiger partial charge >= 0.3 is 17.9 Å². The molecule has 0 aliphatic carbocycles. The lowest BCUT2D eigenvalue weighted by Crippen LogP contribution is -2.30. The fourth-order valence-corrected chi connectivity index (χ4v) is 7.82. The number of rotatable bonds is 50. The molecule has 0 amide bonds. The van der Waals surface area contributed by atoms with Crippen LogP contribution >= 0.6 is 0 Å². The minimum absolute atomic E-state index is 0.0834. The van der Waals surface area contributed by atoms with Crippen LogP contribution in [0.2, 0.25) is 0 Å². The van der Waals surface area contributed by atoms with Crippen molar-refractivity contribution in [1.82, 2.24) is 0 Å². The van der Waals surface area contributed by atoms with Gasteiger partial charge in [-0.05, 0) is 89.9 Å². The molecule has 0 N–H and O–H groups in total. The Kier molecular flexibility index (Phi) is 50.8. The molecule has 0 heterocycles. The van der Waals surface area contributed by atoms with E-state index in [9.17, 15) is 14.4 Å². The van der Waals surface area contributed by atoms with Gasteiger partial charge in [0.1, 0.15) is 13.2 Å². The molecule has 0 saturated heterocycles. The number of ether oxygens (including phenoxy) is 3. The van der Waals surface area contributed by atoms with Crippen molar-refractivity contribution in [2.75, 3.05) is 13.2 Å². The molecule has 0 fully saturated rings. The average molecular weight is 897 g/mol. The molecule has 0 radical (unpaired) electrons. The predicted octanol–water partition coefficient (Wildman–Crippen LogP) is 18.3. The number of esters is 3. The molecular formula is C58H104O6. The Hall–Kier alpha value is -2.63. The molecule has 0 aliphatic heterocycles. The molecular weight excluding hydrogens is 793 g/mol. The molecule has 0 aliphatic rings. The maximum absolute atomic E-state index is 12.8. The molecule has 372 valence electrons. The lowest BCUT2D eigenvalue weighted by atomic mass is 10.1. The zero-order chi connectivity index (χ0) is 46.5. The van der Waals surface area contributed by atoms with Gasteiger partial charge < -0.3 is 14.2 Å². The lowest BCUT2D eigenvalue weighted by molar-refractivity contribution is -0.167. The van der Waals surface area contributed by atoms with E-state index in [0.717, 1.165) is 83.5 Å². The van der Waals surface area contributed by atoms with Crippen molar-refractivity contribution in [3.05, 3.63) is 48.6 Å². The van der Waals surface area contributed by atoms with Crippen molar-refractivity contribution in [3.63, 3.8) is 0 Å². The first-order valence-corrected chi connectivity index (χ1v) is 27.7. The van der Waals surface area contributed by atoms with Gasteiger partial charge in [-0.3, -0.25) is 14.4 Å². The fourth-order valence-electron chi connectivity index (χ4n) is 7.82. The van der Waals surface area contributed by atoms with E-state index in [1.165, 1.54) is 161 Å². The van der Waals surface area contributed by atoms with Crippen molar-refractivity contribution in [1.29, 1.82) is 0 Å². The summed E-state index contributed by atoms with van der Waals surface area (Å²) in [7, 11) is 0. The SMILES string of the molecule is CCCC/C=C\CCCCCCCC(=O)OCC(COC(=O)CCCCCCC/C=C\C=C/CCCCCCCCC)OC(=O)CCCCCCCCC/C=C\CCCCCCCC. The first-order valence-electron chi connectivity index (χ1n) is 27.7. The highest BCUT2D eigenvalue weighted by molar-refractivity contribution is 5.71. The minimum atomic E-state index is -0.783. The second-order valence-electron chi connectivity index (χ2n) is 18.5. The summed E-state index contributed by atoms with van der Waals surface area (Å²) >= 11 is 0. The van der Waals surface area contributed by atoms with E-state index in [0.29, 0.717) is 19.3 Å². The third kappa shape index (κ3) is 50.4. The Balaban J connectivity index is 4.37. The van der Waals surface area contributed by atoms with Crippen LogP contribution in [-0.2, 0) is 28.6 Å². The summed E-state index contributed by atoms with van der Waals surface area (Å²) in [4.78, 5) is 38.0. The number of allylic oxidation sites excluding steroid dienone is 8. The van der Waals surface area contributed by atoms with Crippen molar-refractivity contribution < 1.29 is 28.6 Å². The number of unbranched alkanes of at least 4 members (excludes halogenated alkanes) is 32. The summed E-state index contributed by atoms with van der Waals surface area (Å²) < 4.78 is 16.8. The molecule has 0 aromatic rings. The summed E-state index contributed by atoms with van der Waals surface area (Å²) in [5, 5.41) is 0. The van der Waals surface area contributed by atoms with Crippen LogP contribution in [0.25, 0.3) is 0 Å². The first-order chi connectivity index (χ1) is 31.5. The standard InChI is InChI=1S/C58H104O6/c1-4-7-10-13-16-19-22-24-26-28-30-31-33-36-39-42-45-48-51-57(60)63-54-55(53-62-56(59)50-47-44-41-38-35-21-18-15-12-9-6-3)64-58(61)52-49-46-43-40-37-34-32-29-27-25-23-20-17-14-11-8-5-2/h15,18,25-28,30-31,55H,4-14,16-17,19-24,29,32-54H2,1-3H3/b18-15-,27-25-,28-26-,31-30-. The van der Waals surface area contributed by atoms with E-state index in [1.54, 1.807) is 0 Å². The zero-order valence-electron chi connectivity index (χ0n) is 42.6. The average Bonchev–Trinajstić information content (AvgIpc) is 3.29. The summed E-state index contributed by atoms with van der Waals surface area (Å²) in [6.45, 7) is 6.59. The van der Waals surface area contributed by atoms with E-state index in [4.69, 9.17) is 14.2 Å². The van der Waals surface area contributed by atoms with Crippen molar-refractivity contribution in [3.8, 4) is 0 Å². The van der Waals surface area contributed by atoms with Gasteiger partial charge in [0.25, 0.3) is 0 Å². The van der Waals surface area contributed by atoms with Gasteiger partial charge in [0.15, 0.2) is 6.10 Å². The minimum Gasteiger partial charge on any atom is -0.462 e. The zero-order valence-corrected chi connectivity index (χ0v) is 42.6. The molecule has 64 heavy (non-hydrogen) atoms. The van der Waals surface area contributed by atoms with Gasteiger partial charge in [0.2, 0.25) is 0 Å². The quantitative estimate of drug-likeness (QED) is 0.0199. The molecule has 6 nitrogen and oxygen atoms in total. The highest BCUT2D eigenvalue weighted by Gasteiger charge is 2.19. The van der Waals surface area contributed by atoms with Crippen LogP contribution in [0.4, 0.5) is 0 Å². The Bertz CT molecular complexity index is 1120. The van der Waals surface area contributed by atoms with Crippen LogP contribution in [0.3, 0.4) is 0 Å². The molecule has 0 aromatic heterocycles. The van der Waals surface area contributed by atoms with Gasteiger partial charge in [-0.25, -0.2) is 0 Å². The number of carbonyl (C=O) groups is 3. The monoisotopic (exact) mass is 897 g/mol. The number of hydrogen-bond acceptors (Lipinski definition) is 6. The molecule has 6 heteroatoms. The second kappa shape index (κ2) is 53.0. The van der Waals surface area contributed by atoms with Crippen LogP contribution in [0.5, 0.6) is 0 Å². The smallest absolute Gasteiger partial charge is 0.306 e. The molecule has 0 bridgehead atoms. The van der Waals surface area contributed by atoms with Gasteiger partial charge in [0, 0.05) is 19.3 Å². The summed E-state index contributed by atoms with van der Waals surface area (Å²) in [5.41, 5.74) is 0. The van der Waals surface area contributed by atoms with Crippen molar-refractivity contribution in [2.45, 2.75) is 290 Å². The van der Waals surface area contributed by atoms with E-state index in [2.05, 4.69) is 69.4 Å². The Morgan fingerprint density at radius 1 is 0.312 bits per heavy atom. The maximum Gasteiger partial charge on any atom is 0.306 e. The summed E-state index contributed by atoms with van der Waals surface area (Å²) in [6.07, 6.45) is 63.8. The normalized spacial score (nSPS) is 12.4. The Labute approximate surface area is 397 Å². The maximum atomic E-state index is 12.8. The van der Waals surface area contributed by atoms with Gasteiger partial charge in [-0.2, -0.15) is 0 Å². The lowest BCUT2D eigenvalue weighted by Gasteiger charge is -2.18. The molecule has 0 saturated carbocycles. The topological polar surface area (TPSA) is 78.9 Å². The second-order valence-corrected chi connectivity index (χ2v) is 18.5. The van der Waals surface area contributed by atoms with Crippen LogP contribution in [0, 0.1) is 0 Å². The first kappa shape index (κ1) is 61.4. The molecule has 0 spiro atoms. The van der Waals surface area contributed by atoms with E-state index in [-0.39, 0.29) is 31.1 Å². The molecule has 0 aromatic carbocycles. The van der Waals surface area contributed by atoms with Crippen LogP contribution in [0.15, 0.2) is 48.6 Å². The summed E-state index contributed by atoms with van der Waals surface area (Å²) in [5.74, 6) is -0.903. The van der Waals surface area contributed by atoms with E-state index >= 15 is 0 Å². The molecule has 0 rings (SSSR count). The highest BCUT2D eigenvalue weighted by atomic mass is 16.6. The number of hydrogen-bond donors (Lipinski definition) is 0. The van der Waals surface area contributed by atoms with Crippen LogP contribution < -0.4 is 0 Å². The van der Waals surface area contributed by atoms with E-state index in [1.807, 2.05) is 0 Å². The highest BCUT2D eigenvalue weighted by Crippen LogP contribution is 2.15. The third-order valence-electron chi connectivity index (χ3n) is 12.1. The third-order valence-corrected chi connectivity index (χ3v) is 12.1. The molecule has 1 atom stereocenters. The van der Waals surface area contributed by atoms with E-state index < -0.39 is 6.10 Å². The molecule has 1 unspecified atom stereocenters. The Morgan fingerprint density at radius 2 is 0.578 bits per heavy atom. The fraction of sp³-hybridized carbons (Fsp3) is 0.810. The van der Waals surface area contributed by atoms with Crippen LogP contribution in [-0.4, -0.2) is 37.2 Å². The van der Waals surface area contributed by atoms with Crippen LogP contribution in [0.1, 0.15) is 284 Å². The van der Waals surface area contributed by atoms with Gasteiger partial charge in [0.05, 0.1) is 0 Å². The van der Waals surface area contributed by atoms with Crippen molar-refractivity contribution in [2.24, 2.45) is 0 Å². The Morgan fingerprint density at radius 3 is 0.922 bits per heavy atom. The van der Waals surface area contributed by atoms with Gasteiger partial charge in [-0.1, -0.05) is 223 Å². The van der Waals surface area contributed by atoms with Crippen molar-refractivity contribution >= 4 is 17.9 Å². The largest absolute Gasteiger partial charge is 0.462 e. The summed E-state index contributed by atoms with van der Waals surface area (Å²) in [6, 6.07) is 0. The van der Waals surface area contributed by atoms with Gasteiger partial charge in [-0.15, -0.1) is 0 Å². The number of carbonyl (C=O) groups excluding carboxylic acids is 3. The predicted molar refractivity (Wildman–Crippen MR) is 275 cm³/mol.